The van der Waals surface area contributed by atoms with Crippen molar-refractivity contribution < 1.29 is 4.79 Å². The zero-order valence-electron chi connectivity index (χ0n) is 9.17. The Labute approximate surface area is 94.2 Å². The lowest BCUT2D eigenvalue weighted by molar-refractivity contribution is -0.121. The molecule has 0 bridgehead atoms. The van der Waals surface area contributed by atoms with Crippen molar-refractivity contribution in [3.8, 4) is 0 Å². The molecule has 0 saturated heterocycles. The van der Waals surface area contributed by atoms with Crippen molar-refractivity contribution in [3.63, 3.8) is 0 Å². The molecular formula is C10H17N5O. The van der Waals surface area contributed by atoms with Crippen molar-refractivity contribution >= 4 is 5.91 Å². The lowest BCUT2D eigenvalue weighted by Crippen LogP contribution is -2.38. The molecule has 1 aromatic heterocycles. The van der Waals surface area contributed by atoms with Gasteiger partial charge >= 0.3 is 0 Å². The molecule has 1 fully saturated rings. The van der Waals surface area contributed by atoms with Crippen LogP contribution < -0.4 is 11.1 Å². The third-order valence-corrected chi connectivity index (χ3v) is 2.80. The van der Waals surface area contributed by atoms with Gasteiger partial charge in [-0.3, -0.25) is 9.48 Å². The molecule has 3 N–H and O–H groups in total. The van der Waals surface area contributed by atoms with Crippen LogP contribution in [0.2, 0.25) is 0 Å². The zero-order chi connectivity index (χ0) is 11.4. The first-order valence-corrected chi connectivity index (χ1v) is 5.60. The van der Waals surface area contributed by atoms with Gasteiger partial charge in [0.25, 0.3) is 0 Å². The Balaban J connectivity index is 1.60. The second-order valence-corrected chi connectivity index (χ2v) is 4.21. The van der Waals surface area contributed by atoms with E-state index >= 15 is 0 Å². The highest BCUT2D eigenvalue weighted by molar-refractivity contribution is 5.75. The molecule has 6 heteroatoms. The first kappa shape index (κ1) is 11.1. The molecule has 1 aliphatic rings. The fraction of sp³-hybridized carbons (Fsp3) is 0.700. The Kier molecular flexibility index (Phi) is 3.51. The van der Waals surface area contributed by atoms with Crippen molar-refractivity contribution in [2.24, 2.45) is 11.7 Å². The van der Waals surface area contributed by atoms with Crippen molar-refractivity contribution in [3.05, 3.63) is 12.7 Å². The smallest absolute Gasteiger partial charge is 0.221 e. The number of amides is 1. The van der Waals surface area contributed by atoms with E-state index in [1.165, 1.54) is 19.2 Å². The molecule has 0 aliphatic heterocycles. The molecule has 6 nitrogen and oxygen atoms in total. The van der Waals surface area contributed by atoms with Crippen LogP contribution in [0.4, 0.5) is 0 Å². The Hall–Kier alpha value is -1.43. The summed E-state index contributed by atoms with van der Waals surface area (Å²) in [6.45, 7) is 1.14. The van der Waals surface area contributed by atoms with Gasteiger partial charge in [0.15, 0.2) is 0 Å². The summed E-state index contributed by atoms with van der Waals surface area (Å²) in [5.41, 5.74) is 5.88. The lowest BCUT2D eigenvalue weighted by atomic mass is 10.2. The maximum atomic E-state index is 11.5. The SMILES string of the molecule is NC(CNC(=O)CCn1cncn1)C1CC1. The number of carbonyl (C=O) groups is 1. The van der Waals surface area contributed by atoms with Crippen molar-refractivity contribution in [2.75, 3.05) is 6.54 Å². The van der Waals surface area contributed by atoms with Crippen LogP contribution in [-0.2, 0) is 11.3 Å². The Morgan fingerprint density at radius 1 is 1.62 bits per heavy atom. The Bertz CT molecular complexity index is 333. The fourth-order valence-electron chi connectivity index (χ4n) is 1.58. The number of aromatic nitrogens is 3. The molecule has 1 aliphatic carbocycles. The number of aryl methyl sites for hydroxylation is 1. The van der Waals surface area contributed by atoms with E-state index in [2.05, 4.69) is 15.4 Å². The number of carbonyl (C=O) groups excluding carboxylic acids is 1. The van der Waals surface area contributed by atoms with Gasteiger partial charge < -0.3 is 11.1 Å². The van der Waals surface area contributed by atoms with E-state index in [0.29, 0.717) is 25.4 Å². The van der Waals surface area contributed by atoms with E-state index in [0.717, 1.165) is 0 Å². The number of nitrogens with zero attached hydrogens (tertiary/aromatic N) is 3. The van der Waals surface area contributed by atoms with Crippen molar-refractivity contribution in [1.29, 1.82) is 0 Å². The van der Waals surface area contributed by atoms with Crippen molar-refractivity contribution in [2.45, 2.75) is 31.8 Å². The normalized spacial score (nSPS) is 17.1. The van der Waals surface area contributed by atoms with Crippen molar-refractivity contribution in [1.82, 2.24) is 20.1 Å². The van der Waals surface area contributed by atoms with E-state index in [-0.39, 0.29) is 11.9 Å². The standard InChI is InChI=1S/C10H17N5O/c11-9(8-1-2-8)5-13-10(16)3-4-15-7-12-6-14-15/h6-9H,1-5,11H2,(H,13,16). The van der Waals surface area contributed by atoms with Crippen LogP contribution in [0, 0.1) is 5.92 Å². The summed E-state index contributed by atoms with van der Waals surface area (Å²) in [4.78, 5) is 15.3. The maximum Gasteiger partial charge on any atom is 0.221 e. The third kappa shape index (κ3) is 3.30. The molecule has 1 atom stereocenters. The van der Waals surface area contributed by atoms with Gasteiger partial charge in [0.2, 0.25) is 5.91 Å². The Morgan fingerprint density at radius 2 is 2.44 bits per heavy atom. The maximum absolute atomic E-state index is 11.5. The minimum Gasteiger partial charge on any atom is -0.354 e. The summed E-state index contributed by atoms with van der Waals surface area (Å²) in [6.07, 6.45) is 5.89. The molecule has 1 heterocycles. The molecule has 2 rings (SSSR count). The van der Waals surface area contributed by atoms with Gasteiger partial charge in [-0.05, 0) is 18.8 Å². The van der Waals surface area contributed by atoms with Gasteiger partial charge in [-0.1, -0.05) is 0 Å². The topological polar surface area (TPSA) is 85.8 Å². The highest BCUT2D eigenvalue weighted by Gasteiger charge is 2.28. The molecule has 1 aromatic rings. The van der Waals surface area contributed by atoms with Gasteiger partial charge in [-0.15, -0.1) is 0 Å². The molecule has 1 unspecified atom stereocenters. The van der Waals surface area contributed by atoms with E-state index in [1.807, 2.05) is 0 Å². The molecule has 88 valence electrons. The summed E-state index contributed by atoms with van der Waals surface area (Å²) in [5, 5.41) is 6.76. The molecular weight excluding hydrogens is 206 g/mol. The monoisotopic (exact) mass is 223 g/mol. The quantitative estimate of drug-likeness (QED) is 0.682. The van der Waals surface area contributed by atoms with Crippen LogP contribution in [0.1, 0.15) is 19.3 Å². The first-order chi connectivity index (χ1) is 7.75. The molecule has 0 aromatic carbocycles. The number of hydrogen-bond donors (Lipinski definition) is 2. The largest absolute Gasteiger partial charge is 0.354 e. The minimum absolute atomic E-state index is 0.0200. The van der Waals surface area contributed by atoms with E-state index in [1.54, 1.807) is 11.0 Å². The summed E-state index contributed by atoms with van der Waals surface area (Å²) in [5.74, 6) is 0.641. The van der Waals surface area contributed by atoms with Crippen LogP contribution in [0.25, 0.3) is 0 Å². The highest BCUT2D eigenvalue weighted by Crippen LogP contribution is 2.31. The average molecular weight is 223 g/mol. The molecule has 0 spiro atoms. The zero-order valence-corrected chi connectivity index (χ0v) is 9.17. The lowest BCUT2D eigenvalue weighted by Gasteiger charge is -2.11. The van der Waals surface area contributed by atoms with Gasteiger partial charge in [0.1, 0.15) is 12.7 Å². The van der Waals surface area contributed by atoms with Gasteiger partial charge in [-0.2, -0.15) is 5.10 Å². The van der Waals surface area contributed by atoms with Gasteiger partial charge in [0, 0.05) is 19.0 Å². The van der Waals surface area contributed by atoms with Gasteiger partial charge in [-0.25, -0.2) is 4.98 Å². The summed E-state index contributed by atoms with van der Waals surface area (Å²) in [7, 11) is 0. The second-order valence-electron chi connectivity index (χ2n) is 4.21. The van der Waals surface area contributed by atoms with E-state index in [4.69, 9.17) is 5.73 Å². The second kappa shape index (κ2) is 5.07. The van der Waals surface area contributed by atoms with Crippen LogP contribution >= 0.6 is 0 Å². The van der Waals surface area contributed by atoms with Crippen LogP contribution in [0.3, 0.4) is 0 Å². The summed E-state index contributed by atoms with van der Waals surface area (Å²) >= 11 is 0. The predicted molar refractivity (Wildman–Crippen MR) is 58.3 cm³/mol. The summed E-state index contributed by atoms with van der Waals surface area (Å²) < 4.78 is 1.64. The number of rotatable bonds is 6. The minimum atomic E-state index is 0.0200. The predicted octanol–water partition coefficient (Wildman–Crippen LogP) is -0.478. The van der Waals surface area contributed by atoms with E-state index in [9.17, 15) is 4.79 Å². The fourth-order valence-corrected chi connectivity index (χ4v) is 1.58. The van der Waals surface area contributed by atoms with Gasteiger partial charge in [0.05, 0.1) is 6.54 Å². The first-order valence-electron chi connectivity index (χ1n) is 5.60. The average Bonchev–Trinajstić information content (AvgIpc) is 3.01. The highest BCUT2D eigenvalue weighted by atomic mass is 16.1. The number of nitrogens with two attached hydrogens (primary N) is 1. The summed E-state index contributed by atoms with van der Waals surface area (Å²) in [6, 6.07) is 0.121. The molecule has 0 radical (unpaired) electrons. The number of hydrogen-bond acceptors (Lipinski definition) is 4. The molecule has 1 amide bonds. The van der Waals surface area contributed by atoms with E-state index < -0.39 is 0 Å². The molecule has 1 saturated carbocycles. The Morgan fingerprint density at radius 3 is 3.06 bits per heavy atom. The van der Waals surface area contributed by atoms with Crippen LogP contribution in [0.5, 0.6) is 0 Å². The number of nitrogens with one attached hydrogen (secondary N) is 1. The van der Waals surface area contributed by atoms with Crippen LogP contribution in [-0.4, -0.2) is 33.3 Å². The van der Waals surface area contributed by atoms with Crippen LogP contribution in [0.15, 0.2) is 12.7 Å². The molecule has 16 heavy (non-hydrogen) atoms. The third-order valence-electron chi connectivity index (χ3n) is 2.80.